The molecule has 1 aromatic heterocycles. The van der Waals surface area contributed by atoms with Gasteiger partial charge in [0.1, 0.15) is 11.3 Å². The van der Waals surface area contributed by atoms with Crippen LogP contribution in [0.1, 0.15) is 21.5 Å². The third-order valence-corrected chi connectivity index (χ3v) is 9.73. The molecule has 1 aliphatic rings. The lowest BCUT2D eigenvalue weighted by molar-refractivity contribution is 0.0985. The first kappa shape index (κ1) is 26.1. The molecule has 0 N–H and O–H groups in total. The molecule has 8 nitrogen and oxygen atoms in total. The number of benzene rings is 3. The number of nitrogens with zero attached hydrogens (tertiary/aromatic N) is 4. The molecule has 10 heteroatoms. The summed E-state index contributed by atoms with van der Waals surface area (Å²) < 4.78 is 34.7. The summed E-state index contributed by atoms with van der Waals surface area (Å²) >= 11 is 1.45. The number of carbonyl (C=O) groups excluding carboxylic acids is 1. The van der Waals surface area contributed by atoms with Crippen molar-refractivity contribution in [3.05, 3.63) is 77.4 Å². The predicted octanol–water partition coefficient (Wildman–Crippen LogP) is 4.57. The Bertz CT molecular complexity index is 1600. The molecule has 1 aliphatic heterocycles. The number of hydrogen-bond donors (Lipinski definition) is 0. The number of amides is 1. The van der Waals surface area contributed by atoms with Crippen molar-refractivity contribution in [2.24, 2.45) is 0 Å². The number of methoxy groups -OCH3 is 1. The summed E-state index contributed by atoms with van der Waals surface area (Å²) in [5, 5.41) is 0.574. The average molecular weight is 551 g/mol. The molecule has 38 heavy (non-hydrogen) atoms. The van der Waals surface area contributed by atoms with Crippen molar-refractivity contribution in [3.63, 3.8) is 0 Å². The first-order valence-corrected chi connectivity index (χ1v) is 14.6. The quantitative estimate of drug-likeness (QED) is 0.320. The van der Waals surface area contributed by atoms with Gasteiger partial charge in [0.2, 0.25) is 0 Å². The van der Waals surface area contributed by atoms with E-state index in [-0.39, 0.29) is 10.8 Å². The van der Waals surface area contributed by atoms with Gasteiger partial charge >= 0.3 is 0 Å². The second-order valence-electron chi connectivity index (χ2n) is 9.50. The fourth-order valence-electron chi connectivity index (χ4n) is 4.57. The van der Waals surface area contributed by atoms with Crippen molar-refractivity contribution < 1.29 is 17.9 Å². The second kappa shape index (κ2) is 10.4. The molecular formula is C28H30N4O4S2. The van der Waals surface area contributed by atoms with E-state index in [2.05, 4.69) is 0 Å². The van der Waals surface area contributed by atoms with Gasteiger partial charge in [0.25, 0.3) is 15.9 Å². The summed E-state index contributed by atoms with van der Waals surface area (Å²) in [7, 11) is 1.76. The van der Waals surface area contributed by atoms with Gasteiger partial charge in [0.05, 0.1) is 22.4 Å². The smallest absolute Gasteiger partial charge is 0.264 e. The number of hydrogen-bond acceptors (Lipinski definition) is 7. The monoisotopic (exact) mass is 550 g/mol. The molecule has 0 radical (unpaired) electrons. The number of aryl methyl sites for hydroxylation is 1. The molecule has 198 valence electrons. The van der Waals surface area contributed by atoms with Gasteiger partial charge in [0.15, 0.2) is 5.13 Å². The molecule has 2 heterocycles. The topological polar surface area (TPSA) is 83.0 Å². The minimum atomic E-state index is -3.74. The molecule has 0 aliphatic carbocycles. The summed E-state index contributed by atoms with van der Waals surface area (Å²) in [4.78, 5) is 22.3. The van der Waals surface area contributed by atoms with Crippen molar-refractivity contribution in [2.45, 2.75) is 18.2 Å². The van der Waals surface area contributed by atoms with E-state index < -0.39 is 10.0 Å². The van der Waals surface area contributed by atoms with Crippen molar-refractivity contribution in [3.8, 4) is 5.75 Å². The van der Waals surface area contributed by atoms with E-state index in [9.17, 15) is 13.2 Å². The molecule has 0 saturated heterocycles. The zero-order chi connectivity index (χ0) is 27.0. The molecular weight excluding hydrogens is 520 g/mol. The zero-order valence-corrected chi connectivity index (χ0v) is 23.5. The van der Waals surface area contributed by atoms with Crippen LogP contribution in [0.25, 0.3) is 10.2 Å². The van der Waals surface area contributed by atoms with Crippen LogP contribution in [0.15, 0.2) is 65.6 Å². The number of thiazole rings is 1. The van der Waals surface area contributed by atoms with Crippen molar-refractivity contribution in [1.82, 2.24) is 9.88 Å². The number of sulfonamides is 1. The zero-order valence-electron chi connectivity index (χ0n) is 21.8. The Labute approximate surface area is 227 Å². The maximum atomic E-state index is 13.7. The molecule has 0 atom stereocenters. The first-order valence-electron chi connectivity index (χ1n) is 12.3. The normalized spacial score (nSPS) is 13.2. The molecule has 0 saturated carbocycles. The minimum absolute atomic E-state index is 0.158. The molecule has 0 spiro atoms. The molecule has 4 aromatic rings. The van der Waals surface area contributed by atoms with Gasteiger partial charge in [-0.3, -0.25) is 14.0 Å². The summed E-state index contributed by atoms with van der Waals surface area (Å²) in [5.41, 5.74) is 3.91. The number of rotatable bonds is 8. The minimum Gasteiger partial charge on any atom is -0.494 e. The molecule has 0 unspecified atom stereocenters. The predicted molar refractivity (Wildman–Crippen MR) is 152 cm³/mol. The number of carbonyl (C=O) groups is 1. The number of aromatic nitrogens is 1. The van der Waals surface area contributed by atoms with Crippen LogP contribution in [0.2, 0.25) is 0 Å². The fourth-order valence-corrected chi connectivity index (χ4v) is 7.15. The van der Waals surface area contributed by atoms with Gasteiger partial charge in [-0.05, 0) is 75.0 Å². The summed E-state index contributed by atoms with van der Waals surface area (Å²) in [5.74, 6) is 0.421. The van der Waals surface area contributed by atoms with Crippen molar-refractivity contribution in [2.75, 3.05) is 50.0 Å². The first-order chi connectivity index (χ1) is 18.2. The van der Waals surface area contributed by atoms with Crippen LogP contribution in [0.4, 0.5) is 10.8 Å². The molecule has 0 bridgehead atoms. The van der Waals surface area contributed by atoms with Gasteiger partial charge in [-0.15, -0.1) is 0 Å². The summed E-state index contributed by atoms with van der Waals surface area (Å²) in [6.07, 6.45) is 0.680. The van der Waals surface area contributed by atoms with Gasteiger partial charge in [-0.2, -0.15) is 0 Å². The lowest BCUT2D eigenvalue weighted by Crippen LogP contribution is -2.36. The number of likely N-dealkylation sites (N-methyl/N-ethyl adjacent to an activating group) is 1. The van der Waals surface area contributed by atoms with Crippen LogP contribution in [-0.4, -0.2) is 65.0 Å². The second-order valence-corrected chi connectivity index (χ2v) is 12.3. The van der Waals surface area contributed by atoms with Gasteiger partial charge < -0.3 is 9.64 Å². The maximum absolute atomic E-state index is 13.7. The average Bonchev–Trinajstić information content (AvgIpc) is 3.55. The Morgan fingerprint density at radius 1 is 1.05 bits per heavy atom. The number of fused-ring (bicyclic) bond motifs is 2. The van der Waals surface area contributed by atoms with Gasteiger partial charge in [-0.1, -0.05) is 35.6 Å². The molecule has 0 fully saturated rings. The van der Waals surface area contributed by atoms with Crippen LogP contribution in [0.5, 0.6) is 5.75 Å². The highest BCUT2D eigenvalue weighted by atomic mass is 32.2. The summed E-state index contributed by atoms with van der Waals surface area (Å²) in [6.45, 7) is 3.48. The standard InChI is InChI=1S/C28H30N4O4S2/c1-19-9-14-24(36-4)25-26(19)37-28(29-25)31(18-17-30(2)3)27(33)21-10-12-22(13-11-21)38(34,35)32-16-15-20-7-5-6-8-23(20)32/h5-14H,15-18H2,1-4H3. The number of para-hydroxylation sites is 1. The van der Waals surface area contributed by atoms with E-state index in [1.54, 1.807) is 24.1 Å². The lowest BCUT2D eigenvalue weighted by atomic mass is 10.2. The Kier molecular flexibility index (Phi) is 7.13. The van der Waals surface area contributed by atoms with E-state index in [0.29, 0.717) is 48.2 Å². The number of anilines is 2. The largest absolute Gasteiger partial charge is 0.494 e. The van der Waals surface area contributed by atoms with Gasteiger partial charge in [-0.25, -0.2) is 13.4 Å². The fraction of sp³-hybridized carbons (Fsp3) is 0.286. The van der Waals surface area contributed by atoms with E-state index in [1.165, 1.54) is 27.8 Å². The highest BCUT2D eigenvalue weighted by Gasteiger charge is 2.31. The molecule has 3 aromatic carbocycles. The Morgan fingerprint density at radius 3 is 2.50 bits per heavy atom. The van der Waals surface area contributed by atoms with Crippen LogP contribution >= 0.6 is 11.3 Å². The Hall–Kier alpha value is -3.47. The van der Waals surface area contributed by atoms with E-state index >= 15 is 0 Å². The third-order valence-electron chi connectivity index (χ3n) is 6.69. The highest BCUT2D eigenvalue weighted by Crippen LogP contribution is 2.37. The van der Waals surface area contributed by atoms with Crippen LogP contribution in [0.3, 0.4) is 0 Å². The summed E-state index contributed by atoms with van der Waals surface area (Å²) in [6, 6.07) is 17.6. The van der Waals surface area contributed by atoms with Crippen LogP contribution in [0, 0.1) is 6.92 Å². The lowest BCUT2D eigenvalue weighted by Gasteiger charge is -2.22. The third kappa shape index (κ3) is 4.75. The van der Waals surface area contributed by atoms with Crippen molar-refractivity contribution >= 4 is 48.3 Å². The highest BCUT2D eigenvalue weighted by molar-refractivity contribution is 7.92. The van der Waals surface area contributed by atoms with E-state index in [1.807, 2.05) is 62.3 Å². The van der Waals surface area contributed by atoms with Crippen LogP contribution in [-0.2, 0) is 16.4 Å². The molecule has 1 amide bonds. The van der Waals surface area contributed by atoms with Crippen LogP contribution < -0.4 is 13.9 Å². The van der Waals surface area contributed by atoms with E-state index in [4.69, 9.17) is 9.72 Å². The SMILES string of the molecule is COc1ccc(C)c2sc(N(CCN(C)C)C(=O)c3ccc(S(=O)(=O)N4CCc5ccccc54)cc3)nc12. The van der Waals surface area contributed by atoms with E-state index in [0.717, 1.165) is 21.3 Å². The Morgan fingerprint density at radius 2 is 1.79 bits per heavy atom. The number of ether oxygens (including phenoxy) is 1. The maximum Gasteiger partial charge on any atom is 0.264 e. The van der Waals surface area contributed by atoms with Gasteiger partial charge in [0, 0.05) is 25.2 Å². The Balaban J connectivity index is 1.46. The van der Waals surface area contributed by atoms with Crippen molar-refractivity contribution in [1.29, 1.82) is 0 Å². The molecule has 5 rings (SSSR count).